The molecule has 1 fully saturated rings. The van der Waals surface area contributed by atoms with Crippen LogP contribution in [-0.2, 0) is 48.6 Å². The molecule has 5 atom stereocenters. The number of allylic oxidation sites excluding steroid dienone is 4. The summed E-state index contributed by atoms with van der Waals surface area (Å²) in [6.45, 7) is 11.6. The van der Waals surface area contributed by atoms with E-state index in [-0.39, 0.29) is 43.2 Å². The number of aliphatic imine (C=N–C) groups is 1. The first-order valence-corrected chi connectivity index (χ1v) is 18.2. The molecule has 0 N–H and O–H groups in total. The number of hydrogen-bond acceptors (Lipinski definition) is 3. The molecule has 1 saturated heterocycles. The van der Waals surface area contributed by atoms with Crippen molar-refractivity contribution in [1.82, 2.24) is 0 Å². The minimum Gasteiger partial charge on any atom is -0.769 e. The molecule has 6 heteroatoms. The normalized spacial score (nSPS) is 33.8. The van der Waals surface area contributed by atoms with Crippen LogP contribution in [0.2, 0.25) is 0 Å². The van der Waals surface area contributed by atoms with E-state index in [9.17, 15) is 0 Å². The second-order valence-corrected chi connectivity index (χ2v) is 16.8. The van der Waals surface area contributed by atoms with Crippen LogP contribution in [0.4, 0.5) is 0 Å². The van der Waals surface area contributed by atoms with Gasteiger partial charge in [0.05, 0.1) is 0 Å². The average molecular weight is 807 g/mol. The van der Waals surface area contributed by atoms with E-state index in [4.69, 9.17) is 14.2 Å². The van der Waals surface area contributed by atoms with Crippen molar-refractivity contribution < 1.29 is 29.0 Å². The van der Waals surface area contributed by atoms with Gasteiger partial charge in [0.25, 0.3) is 0 Å². The van der Waals surface area contributed by atoms with Gasteiger partial charge in [-0.05, 0) is 67.0 Å². The average Bonchev–Trinajstić information content (AvgIpc) is 3.64. The molecular formula is C39H53IrN3OS-4. The third-order valence-corrected chi connectivity index (χ3v) is 13.0. The van der Waals surface area contributed by atoms with E-state index >= 15 is 0 Å². The molecule has 8 rings (SSSR count). The molecule has 0 spiro atoms. The zero-order chi connectivity index (χ0) is 33.1. The predicted octanol–water partition coefficient (Wildman–Crippen LogP) is 10.6. The van der Waals surface area contributed by atoms with E-state index in [2.05, 4.69) is 63.5 Å². The first-order chi connectivity index (χ1) is 22.3. The van der Waals surface area contributed by atoms with Gasteiger partial charge in [-0.15, -0.1) is 43.3 Å². The summed E-state index contributed by atoms with van der Waals surface area (Å²) in [5.74, 6) is 2.47. The maximum atomic E-state index is 7.78. The van der Waals surface area contributed by atoms with Gasteiger partial charge in [0.2, 0.25) is 0 Å². The summed E-state index contributed by atoms with van der Waals surface area (Å²) in [6.07, 6.45) is 20.9. The monoisotopic (exact) mass is 807 g/mol. The molecule has 45 heavy (non-hydrogen) atoms. The van der Waals surface area contributed by atoms with Gasteiger partial charge in [0, 0.05) is 45.6 Å². The number of hydrogen-bond donors (Lipinski definition) is 0. The predicted molar refractivity (Wildman–Crippen MR) is 184 cm³/mol. The van der Waals surface area contributed by atoms with E-state index < -0.39 is 6.85 Å². The summed E-state index contributed by atoms with van der Waals surface area (Å²) in [6, 6.07) is 0.142. The molecule has 1 aromatic heterocycles. The van der Waals surface area contributed by atoms with Crippen molar-refractivity contribution >= 4 is 17.0 Å². The van der Waals surface area contributed by atoms with Gasteiger partial charge in [-0.1, -0.05) is 78.2 Å². The fourth-order valence-corrected chi connectivity index (χ4v) is 10.2. The Balaban J connectivity index is 0.000000241. The molecular weight excluding hydrogens is 751 g/mol. The maximum Gasteiger partial charge on any atom is 0.171 e. The Bertz CT molecular complexity index is 1500. The molecule has 7 aliphatic rings. The van der Waals surface area contributed by atoms with Crippen LogP contribution in [0.1, 0.15) is 137 Å². The van der Waals surface area contributed by atoms with E-state index in [1.165, 1.54) is 65.8 Å². The van der Waals surface area contributed by atoms with Gasteiger partial charge < -0.3 is 21.1 Å². The molecule has 0 bridgehead atoms. The SMILES string of the molecule is C[C@H]1CC=C(C2=[C-]CCCC2)[N-]C1.[2H]C([2H])([2H])C1=NC2OC3=C([C@H]4Cc5sc6c(c5C[N-]4)C(C)(C)CCC6(C)C)[CH-]CCC3C2CC1.[Ir]. The fraction of sp³-hybridized carbons (Fsp3) is 0.692. The summed E-state index contributed by atoms with van der Waals surface area (Å²) in [5.41, 5.74) is 7.78. The smallest absolute Gasteiger partial charge is 0.171 e. The minimum atomic E-state index is -2.11. The quantitative estimate of drug-likeness (QED) is 0.275. The van der Waals surface area contributed by atoms with Crippen molar-refractivity contribution in [3.05, 3.63) is 72.7 Å². The van der Waals surface area contributed by atoms with Crippen molar-refractivity contribution in [1.29, 1.82) is 0 Å². The Kier molecular flexibility index (Phi) is 8.79. The topological polar surface area (TPSA) is 49.8 Å². The van der Waals surface area contributed by atoms with Gasteiger partial charge in [-0.2, -0.15) is 11.6 Å². The zero-order valence-corrected chi connectivity index (χ0v) is 31.1. The van der Waals surface area contributed by atoms with E-state index in [1.807, 2.05) is 11.3 Å². The Morgan fingerprint density at radius 3 is 2.73 bits per heavy atom. The maximum absolute atomic E-state index is 7.78. The van der Waals surface area contributed by atoms with Crippen LogP contribution in [0.25, 0.3) is 10.6 Å². The minimum absolute atomic E-state index is 0. The van der Waals surface area contributed by atoms with Crippen molar-refractivity contribution in [3.63, 3.8) is 0 Å². The van der Waals surface area contributed by atoms with Crippen molar-refractivity contribution in [2.75, 3.05) is 6.54 Å². The summed E-state index contributed by atoms with van der Waals surface area (Å²) in [7, 11) is 0. The molecule has 249 valence electrons. The molecule has 1 aromatic rings. The molecule has 4 nitrogen and oxygen atoms in total. The van der Waals surface area contributed by atoms with Crippen LogP contribution in [0.5, 0.6) is 0 Å². The number of thiophene rings is 1. The van der Waals surface area contributed by atoms with Gasteiger partial charge in [-0.3, -0.25) is 11.1 Å². The van der Waals surface area contributed by atoms with Crippen molar-refractivity contribution in [2.24, 2.45) is 22.7 Å². The molecule has 0 amide bonds. The van der Waals surface area contributed by atoms with Crippen LogP contribution in [0.3, 0.4) is 0 Å². The van der Waals surface area contributed by atoms with E-state index in [0.717, 1.165) is 56.9 Å². The largest absolute Gasteiger partial charge is 0.769 e. The Labute approximate surface area is 295 Å². The van der Waals surface area contributed by atoms with Crippen LogP contribution < -0.4 is 0 Å². The fourth-order valence-electron chi connectivity index (χ4n) is 8.58. The van der Waals surface area contributed by atoms with Crippen molar-refractivity contribution in [2.45, 2.75) is 148 Å². The van der Waals surface area contributed by atoms with Crippen LogP contribution in [0.15, 0.2) is 33.7 Å². The number of ether oxygens (including phenoxy) is 1. The van der Waals surface area contributed by atoms with Crippen LogP contribution in [-0.4, -0.2) is 24.5 Å². The third kappa shape index (κ3) is 6.57. The zero-order valence-electron chi connectivity index (χ0n) is 30.9. The summed E-state index contributed by atoms with van der Waals surface area (Å²) in [4.78, 5) is 7.69. The van der Waals surface area contributed by atoms with E-state index in [0.29, 0.717) is 24.0 Å². The first kappa shape index (κ1) is 29.8. The Morgan fingerprint density at radius 1 is 1.13 bits per heavy atom. The molecule has 0 aromatic carbocycles. The number of nitrogens with zero attached hydrogens (tertiary/aromatic N) is 3. The van der Waals surface area contributed by atoms with Gasteiger partial charge in [0.1, 0.15) is 0 Å². The summed E-state index contributed by atoms with van der Waals surface area (Å²) in [5, 5.41) is 9.83. The van der Waals surface area contributed by atoms with Gasteiger partial charge in [-0.25, -0.2) is 12.0 Å². The van der Waals surface area contributed by atoms with Crippen LogP contribution >= 0.6 is 11.3 Å². The molecule has 3 aliphatic carbocycles. The molecule has 5 heterocycles. The summed E-state index contributed by atoms with van der Waals surface area (Å²) < 4.78 is 29.8. The molecule has 0 saturated carbocycles. The Hall–Kier alpha value is -1.33. The molecule has 4 aliphatic heterocycles. The summed E-state index contributed by atoms with van der Waals surface area (Å²) >= 11 is 2.04. The van der Waals surface area contributed by atoms with Crippen LogP contribution in [0, 0.1) is 30.3 Å². The Morgan fingerprint density at radius 2 is 1.98 bits per heavy atom. The standard InChI is InChI=1S/C27H36N2OS.C12H17N.Ir/c1-15-9-10-17-16-7-6-8-18(23(16)30-25(17)29-15)20-13-21-19(14-28-20)22-24(31-21)27(4,5)12-11-26(22,2)3;1-10-7-8-12(13-9-10)11-5-3-2-4-6-11;/h8,16-17,20,25H,6-7,9-14H2,1-5H3;8,10H,2-5,7,9H2,1H3;/q2*-2;/t16?,17?,20-,25?;10-;/m10./s1/i1D3;;. The van der Waals surface area contributed by atoms with Gasteiger partial charge >= 0.3 is 0 Å². The van der Waals surface area contributed by atoms with E-state index in [1.54, 1.807) is 10.4 Å². The second kappa shape index (κ2) is 13.3. The second-order valence-electron chi connectivity index (χ2n) is 15.7. The molecule has 1 radical (unpaired) electrons. The molecule has 3 unspecified atom stereocenters. The number of fused-ring (bicyclic) bond motifs is 6. The third-order valence-electron chi connectivity index (χ3n) is 11.3. The van der Waals surface area contributed by atoms with Crippen molar-refractivity contribution in [3.8, 4) is 0 Å². The first-order valence-electron chi connectivity index (χ1n) is 18.9. The number of rotatable bonds is 2. The van der Waals surface area contributed by atoms with Gasteiger partial charge in [0.15, 0.2) is 6.23 Å².